The molecule has 0 aliphatic heterocycles. The average Bonchev–Trinajstić information content (AvgIpc) is 2.47. The SMILES string of the molecule is CCC(CCBr)CNC(=O)c1c(F)c(F)c(F)c(F)c1F. The van der Waals surface area contributed by atoms with Gasteiger partial charge >= 0.3 is 0 Å². The maximum Gasteiger partial charge on any atom is 0.257 e. The Bertz CT molecular complexity index is 509. The molecule has 1 amide bonds. The summed E-state index contributed by atoms with van der Waals surface area (Å²) in [6.45, 7) is 1.94. The van der Waals surface area contributed by atoms with Gasteiger partial charge in [0.2, 0.25) is 5.82 Å². The van der Waals surface area contributed by atoms with Gasteiger partial charge in [-0.15, -0.1) is 0 Å². The predicted molar refractivity (Wildman–Crippen MR) is 70.8 cm³/mol. The highest BCUT2D eigenvalue weighted by atomic mass is 79.9. The van der Waals surface area contributed by atoms with E-state index in [1.807, 2.05) is 6.92 Å². The van der Waals surface area contributed by atoms with Crippen molar-refractivity contribution in [3.8, 4) is 0 Å². The minimum atomic E-state index is -2.28. The van der Waals surface area contributed by atoms with Crippen molar-refractivity contribution in [1.82, 2.24) is 5.32 Å². The van der Waals surface area contributed by atoms with Gasteiger partial charge < -0.3 is 5.32 Å². The van der Waals surface area contributed by atoms with Crippen LogP contribution in [0.15, 0.2) is 0 Å². The van der Waals surface area contributed by atoms with Crippen LogP contribution < -0.4 is 5.32 Å². The lowest BCUT2D eigenvalue weighted by molar-refractivity contribution is 0.0934. The summed E-state index contributed by atoms with van der Waals surface area (Å²) in [4.78, 5) is 11.7. The second-order valence-corrected chi connectivity index (χ2v) is 5.20. The van der Waals surface area contributed by atoms with Crippen LogP contribution >= 0.6 is 15.9 Å². The monoisotopic (exact) mass is 373 g/mol. The lowest BCUT2D eigenvalue weighted by Gasteiger charge is -2.15. The summed E-state index contributed by atoms with van der Waals surface area (Å²) in [6.07, 6.45) is 1.40. The van der Waals surface area contributed by atoms with Crippen molar-refractivity contribution in [3.63, 3.8) is 0 Å². The molecule has 0 saturated heterocycles. The molecule has 0 aliphatic rings. The molecule has 21 heavy (non-hydrogen) atoms. The molecule has 0 heterocycles. The number of hydrogen-bond acceptors (Lipinski definition) is 1. The van der Waals surface area contributed by atoms with Gasteiger partial charge in [-0.3, -0.25) is 4.79 Å². The minimum Gasteiger partial charge on any atom is -0.352 e. The van der Waals surface area contributed by atoms with E-state index in [1.165, 1.54) is 0 Å². The van der Waals surface area contributed by atoms with Crippen LogP contribution in [0.4, 0.5) is 22.0 Å². The van der Waals surface area contributed by atoms with E-state index in [0.29, 0.717) is 18.2 Å². The predicted octanol–water partition coefficient (Wildman–Crippen LogP) is 3.92. The van der Waals surface area contributed by atoms with Crippen LogP contribution in [0.2, 0.25) is 0 Å². The van der Waals surface area contributed by atoms with Crippen molar-refractivity contribution in [2.45, 2.75) is 19.8 Å². The maximum atomic E-state index is 13.4. The van der Waals surface area contributed by atoms with E-state index in [9.17, 15) is 26.7 Å². The molecule has 0 aliphatic carbocycles. The average molecular weight is 374 g/mol. The molecule has 8 heteroatoms. The van der Waals surface area contributed by atoms with Crippen molar-refractivity contribution in [2.75, 3.05) is 11.9 Å². The van der Waals surface area contributed by atoms with Crippen LogP contribution in [0.25, 0.3) is 0 Å². The Morgan fingerprint density at radius 3 is 1.95 bits per heavy atom. The van der Waals surface area contributed by atoms with Crippen LogP contribution in [-0.2, 0) is 0 Å². The largest absolute Gasteiger partial charge is 0.352 e. The number of amides is 1. The van der Waals surface area contributed by atoms with Crippen LogP contribution in [-0.4, -0.2) is 17.8 Å². The van der Waals surface area contributed by atoms with Gasteiger partial charge in [0.25, 0.3) is 5.91 Å². The van der Waals surface area contributed by atoms with Gasteiger partial charge in [-0.1, -0.05) is 29.3 Å². The molecular weight excluding hydrogens is 361 g/mol. The van der Waals surface area contributed by atoms with E-state index in [0.717, 1.165) is 0 Å². The molecule has 1 atom stereocenters. The Kier molecular flexibility index (Phi) is 6.57. The topological polar surface area (TPSA) is 29.1 Å². The molecule has 0 fully saturated rings. The first-order valence-electron chi connectivity index (χ1n) is 6.20. The van der Waals surface area contributed by atoms with Crippen LogP contribution in [0, 0.1) is 35.0 Å². The van der Waals surface area contributed by atoms with Crippen LogP contribution in [0.1, 0.15) is 30.1 Å². The number of carbonyl (C=O) groups is 1. The van der Waals surface area contributed by atoms with Gasteiger partial charge in [-0.05, 0) is 12.3 Å². The molecule has 1 aromatic rings. The van der Waals surface area contributed by atoms with Gasteiger partial charge in [0, 0.05) is 11.9 Å². The first kappa shape index (κ1) is 17.9. The van der Waals surface area contributed by atoms with Crippen LogP contribution in [0.3, 0.4) is 0 Å². The highest BCUT2D eigenvalue weighted by Gasteiger charge is 2.29. The third-order valence-electron chi connectivity index (χ3n) is 3.08. The first-order valence-corrected chi connectivity index (χ1v) is 7.32. The van der Waals surface area contributed by atoms with E-state index in [1.54, 1.807) is 0 Å². The third-order valence-corrected chi connectivity index (χ3v) is 3.54. The van der Waals surface area contributed by atoms with E-state index in [4.69, 9.17) is 0 Å². The zero-order valence-corrected chi connectivity index (χ0v) is 12.7. The molecule has 1 N–H and O–H groups in total. The zero-order valence-electron chi connectivity index (χ0n) is 11.1. The lowest BCUT2D eigenvalue weighted by Crippen LogP contribution is -2.31. The Labute approximate surface area is 126 Å². The van der Waals surface area contributed by atoms with Crippen molar-refractivity contribution in [1.29, 1.82) is 0 Å². The summed E-state index contributed by atoms with van der Waals surface area (Å²) in [6, 6.07) is 0. The molecule has 0 radical (unpaired) electrons. The van der Waals surface area contributed by atoms with Crippen molar-refractivity contribution < 1.29 is 26.7 Å². The van der Waals surface area contributed by atoms with Crippen molar-refractivity contribution in [2.24, 2.45) is 5.92 Å². The molecule has 0 bridgehead atoms. The summed E-state index contributed by atoms with van der Waals surface area (Å²) < 4.78 is 65.7. The fourth-order valence-electron chi connectivity index (χ4n) is 1.73. The number of hydrogen-bond donors (Lipinski definition) is 1. The molecule has 0 saturated carbocycles. The Morgan fingerprint density at radius 2 is 1.52 bits per heavy atom. The second-order valence-electron chi connectivity index (χ2n) is 4.41. The quantitative estimate of drug-likeness (QED) is 0.348. The molecule has 1 rings (SSSR count). The summed E-state index contributed by atoms with van der Waals surface area (Å²) in [5.74, 6) is -12.1. The fraction of sp³-hybridized carbons (Fsp3) is 0.462. The van der Waals surface area contributed by atoms with Crippen molar-refractivity contribution >= 4 is 21.8 Å². The number of benzene rings is 1. The van der Waals surface area contributed by atoms with Gasteiger partial charge in [0.1, 0.15) is 5.56 Å². The van der Waals surface area contributed by atoms with Crippen LogP contribution in [0.5, 0.6) is 0 Å². The number of rotatable bonds is 6. The number of halogens is 6. The summed E-state index contributed by atoms with van der Waals surface area (Å²) in [5.41, 5.74) is -1.46. The second kappa shape index (κ2) is 7.72. The maximum absolute atomic E-state index is 13.4. The minimum absolute atomic E-state index is 0.0367. The number of nitrogens with one attached hydrogen (secondary N) is 1. The van der Waals surface area contributed by atoms with Gasteiger partial charge in [0.05, 0.1) is 0 Å². The molecule has 1 aromatic carbocycles. The smallest absolute Gasteiger partial charge is 0.257 e. The summed E-state index contributed by atoms with van der Waals surface area (Å²) in [5, 5.41) is 2.87. The molecule has 118 valence electrons. The van der Waals surface area contributed by atoms with Gasteiger partial charge in [0.15, 0.2) is 23.3 Å². The molecule has 0 spiro atoms. The van der Waals surface area contributed by atoms with Crippen molar-refractivity contribution in [3.05, 3.63) is 34.6 Å². The Balaban J connectivity index is 2.98. The summed E-state index contributed by atoms with van der Waals surface area (Å²) >= 11 is 3.22. The Hall–Kier alpha value is -1.18. The van der Waals surface area contributed by atoms with Gasteiger partial charge in [-0.2, -0.15) is 0 Å². The zero-order chi connectivity index (χ0) is 16.2. The van der Waals surface area contributed by atoms with E-state index in [2.05, 4.69) is 21.2 Å². The van der Waals surface area contributed by atoms with Gasteiger partial charge in [-0.25, -0.2) is 22.0 Å². The molecule has 1 unspecified atom stereocenters. The molecule has 2 nitrogen and oxygen atoms in total. The van der Waals surface area contributed by atoms with E-state index < -0.39 is 40.6 Å². The molecule has 0 aromatic heterocycles. The highest BCUT2D eigenvalue weighted by Crippen LogP contribution is 2.23. The van der Waals surface area contributed by atoms with E-state index >= 15 is 0 Å². The number of carbonyl (C=O) groups excluding carboxylic acids is 1. The third kappa shape index (κ3) is 3.93. The Morgan fingerprint density at radius 1 is 1.05 bits per heavy atom. The standard InChI is InChI=1S/C13H13BrF5NO/c1-2-6(3-4-14)5-20-13(21)7-8(15)10(17)12(19)11(18)9(7)16/h6H,2-5H2,1H3,(H,20,21). The lowest BCUT2D eigenvalue weighted by atomic mass is 10.0. The summed E-state index contributed by atoms with van der Waals surface area (Å²) in [7, 11) is 0. The fourth-order valence-corrected chi connectivity index (χ4v) is 2.38. The molecular formula is C13H13BrF5NO. The first-order chi connectivity index (χ1) is 9.84. The normalized spacial score (nSPS) is 12.3. The van der Waals surface area contributed by atoms with E-state index in [-0.39, 0.29) is 12.5 Å². The highest BCUT2D eigenvalue weighted by molar-refractivity contribution is 9.09. The number of alkyl halides is 1.